The Kier molecular flexibility index (Phi) is 4.65. The van der Waals surface area contributed by atoms with E-state index in [1.54, 1.807) is 11.0 Å². The fraction of sp³-hybridized carbons (Fsp3) is 0.500. The van der Waals surface area contributed by atoms with E-state index in [1.807, 2.05) is 6.92 Å². The van der Waals surface area contributed by atoms with E-state index in [9.17, 15) is 10.1 Å². The molecule has 88 valence electrons. The second-order valence-electron chi connectivity index (χ2n) is 3.26. The van der Waals surface area contributed by atoms with Crippen molar-refractivity contribution < 1.29 is 10.0 Å². The van der Waals surface area contributed by atoms with Gasteiger partial charge in [0.25, 0.3) is 0 Å². The summed E-state index contributed by atoms with van der Waals surface area (Å²) in [4.78, 5) is 16.2. The number of rotatable bonds is 6. The monoisotopic (exact) mass is 225 g/mol. The Balaban J connectivity index is 2.94. The summed E-state index contributed by atoms with van der Waals surface area (Å²) in [5.41, 5.74) is 0.00212. The Bertz CT molecular complexity index is 357. The van der Waals surface area contributed by atoms with Crippen LogP contribution < -0.4 is 4.90 Å². The predicted octanol–water partition coefficient (Wildman–Crippen LogP) is 1.20. The van der Waals surface area contributed by atoms with Crippen LogP contribution in [-0.4, -0.2) is 34.7 Å². The molecule has 1 aromatic rings. The first-order chi connectivity index (χ1) is 7.70. The van der Waals surface area contributed by atoms with Crippen LogP contribution in [0.3, 0.4) is 0 Å². The standard InChI is InChI=1S/C10H15N3O3/c1-2-12(7-4-8-14)10-9(13(15)16)5-3-6-11-10/h3,5-6,14H,2,4,7-8H2,1H3. The lowest BCUT2D eigenvalue weighted by Crippen LogP contribution is -2.26. The van der Waals surface area contributed by atoms with Crippen molar-refractivity contribution >= 4 is 11.5 Å². The van der Waals surface area contributed by atoms with Crippen molar-refractivity contribution in [2.45, 2.75) is 13.3 Å². The Morgan fingerprint density at radius 3 is 2.94 bits per heavy atom. The first-order valence-corrected chi connectivity index (χ1v) is 5.16. The molecule has 1 rings (SSSR count). The minimum Gasteiger partial charge on any atom is -0.396 e. The molecule has 0 fully saturated rings. The summed E-state index contributed by atoms with van der Waals surface area (Å²) in [5.74, 6) is 0.364. The van der Waals surface area contributed by atoms with Gasteiger partial charge in [-0.2, -0.15) is 0 Å². The molecule has 0 aliphatic heterocycles. The lowest BCUT2D eigenvalue weighted by atomic mass is 10.3. The lowest BCUT2D eigenvalue weighted by molar-refractivity contribution is -0.384. The summed E-state index contributed by atoms with van der Waals surface area (Å²) >= 11 is 0. The molecular weight excluding hydrogens is 210 g/mol. The number of hydrogen-bond acceptors (Lipinski definition) is 5. The zero-order chi connectivity index (χ0) is 12.0. The van der Waals surface area contributed by atoms with Crippen LogP contribution in [0.1, 0.15) is 13.3 Å². The van der Waals surface area contributed by atoms with Crippen molar-refractivity contribution in [3.63, 3.8) is 0 Å². The van der Waals surface area contributed by atoms with Crippen LogP contribution in [0.15, 0.2) is 18.3 Å². The molecule has 0 bridgehead atoms. The molecule has 16 heavy (non-hydrogen) atoms. The number of hydrogen-bond donors (Lipinski definition) is 1. The summed E-state index contributed by atoms with van der Waals surface area (Å²) < 4.78 is 0. The van der Waals surface area contributed by atoms with E-state index in [2.05, 4.69) is 4.98 Å². The number of nitrogens with zero attached hydrogens (tertiary/aromatic N) is 3. The van der Waals surface area contributed by atoms with Gasteiger partial charge in [-0.05, 0) is 19.4 Å². The van der Waals surface area contributed by atoms with E-state index >= 15 is 0 Å². The van der Waals surface area contributed by atoms with Crippen LogP contribution >= 0.6 is 0 Å². The molecule has 0 atom stereocenters. The second kappa shape index (κ2) is 6.02. The molecule has 0 unspecified atom stereocenters. The maximum atomic E-state index is 10.8. The maximum Gasteiger partial charge on any atom is 0.311 e. The highest BCUT2D eigenvalue weighted by atomic mass is 16.6. The molecule has 6 heteroatoms. The predicted molar refractivity (Wildman–Crippen MR) is 60.5 cm³/mol. The van der Waals surface area contributed by atoms with Gasteiger partial charge in [0.2, 0.25) is 5.82 Å². The third-order valence-electron chi connectivity index (χ3n) is 2.23. The second-order valence-corrected chi connectivity index (χ2v) is 3.26. The largest absolute Gasteiger partial charge is 0.396 e. The number of aromatic nitrogens is 1. The Morgan fingerprint density at radius 2 is 2.38 bits per heavy atom. The summed E-state index contributed by atoms with van der Waals surface area (Å²) in [5, 5.41) is 19.6. The average Bonchev–Trinajstić information content (AvgIpc) is 2.30. The van der Waals surface area contributed by atoms with Crippen molar-refractivity contribution in [2.75, 3.05) is 24.6 Å². The van der Waals surface area contributed by atoms with E-state index in [4.69, 9.17) is 5.11 Å². The molecule has 1 N–H and O–H groups in total. The summed E-state index contributed by atoms with van der Waals surface area (Å²) in [6.07, 6.45) is 2.10. The third-order valence-corrected chi connectivity index (χ3v) is 2.23. The van der Waals surface area contributed by atoms with Crippen molar-refractivity contribution in [3.05, 3.63) is 28.4 Å². The number of pyridine rings is 1. The highest BCUT2D eigenvalue weighted by molar-refractivity contribution is 5.57. The molecule has 0 aliphatic rings. The highest BCUT2D eigenvalue weighted by Gasteiger charge is 2.18. The van der Waals surface area contributed by atoms with Crippen molar-refractivity contribution in [3.8, 4) is 0 Å². The smallest absolute Gasteiger partial charge is 0.311 e. The van der Waals surface area contributed by atoms with Crippen LogP contribution in [0, 0.1) is 10.1 Å². The Labute approximate surface area is 93.7 Å². The molecule has 0 aliphatic carbocycles. The molecule has 0 radical (unpaired) electrons. The fourth-order valence-corrected chi connectivity index (χ4v) is 1.45. The van der Waals surface area contributed by atoms with Gasteiger partial charge in [-0.3, -0.25) is 10.1 Å². The van der Waals surface area contributed by atoms with Crippen LogP contribution in [-0.2, 0) is 0 Å². The van der Waals surface area contributed by atoms with E-state index in [0.29, 0.717) is 25.3 Å². The molecule has 0 spiro atoms. The molecule has 1 aromatic heterocycles. The third kappa shape index (κ3) is 2.90. The average molecular weight is 225 g/mol. The quantitative estimate of drug-likeness (QED) is 0.581. The summed E-state index contributed by atoms with van der Waals surface area (Å²) in [6.45, 7) is 3.15. The lowest BCUT2D eigenvalue weighted by Gasteiger charge is -2.20. The highest BCUT2D eigenvalue weighted by Crippen LogP contribution is 2.24. The molecule has 0 aromatic carbocycles. The first-order valence-electron chi connectivity index (χ1n) is 5.16. The minimum atomic E-state index is -0.441. The Morgan fingerprint density at radius 1 is 1.62 bits per heavy atom. The van der Waals surface area contributed by atoms with E-state index < -0.39 is 4.92 Å². The zero-order valence-electron chi connectivity index (χ0n) is 9.17. The van der Waals surface area contributed by atoms with Gasteiger partial charge in [0, 0.05) is 32.0 Å². The van der Waals surface area contributed by atoms with Crippen molar-refractivity contribution in [2.24, 2.45) is 0 Å². The van der Waals surface area contributed by atoms with Crippen molar-refractivity contribution in [1.82, 2.24) is 4.98 Å². The molecule has 0 amide bonds. The van der Waals surface area contributed by atoms with Gasteiger partial charge >= 0.3 is 5.69 Å². The normalized spacial score (nSPS) is 10.1. The van der Waals surface area contributed by atoms with E-state index in [1.165, 1.54) is 12.3 Å². The van der Waals surface area contributed by atoms with Gasteiger partial charge in [-0.1, -0.05) is 0 Å². The van der Waals surface area contributed by atoms with Gasteiger partial charge in [0.15, 0.2) is 0 Å². The van der Waals surface area contributed by atoms with Crippen LogP contribution in [0.5, 0.6) is 0 Å². The van der Waals surface area contributed by atoms with E-state index in [-0.39, 0.29) is 12.3 Å². The number of anilines is 1. The Hall–Kier alpha value is -1.69. The fourth-order valence-electron chi connectivity index (χ4n) is 1.45. The van der Waals surface area contributed by atoms with Crippen LogP contribution in [0.25, 0.3) is 0 Å². The molecule has 6 nitrogen and oxygen atoms in total. The molecule has 0 saturated carbocycles. The molecule has 1 heterocycles. The molecule has 0 saturated heterocycles. The van der Waals surface area contributed by atoms with E-state index in [0.717, 1.165) is 0 Å². The first kappa shape index (κ1) is 12.4. The van der Waals surface area contributed by atoms with Gasteiger partial charge in [0.05, 0.1) is 4.92 Å². The van der Waals surface area contributed by atoms with Gasteiger partial charge in [-0.25, -0.2) is 4.98 Å². The maximum absolute atomic E-state index is 10.8. The number of aliphatic hydroxyl groups is 1. The zero-order valence-corrected chi connectivity index (χ0v) is 9.17. The topological polar surface area (TPSA) is 79.5 Å². The summed E-state index contributed by atoms with van der Waals surface area (Å²) in [7, 11) is 0. The van der Waals surface area contributed by atoms with Crippen LogP contribution in [0.4, 0.5) is 11.5 Å². The summed E-state index contributed by atoms with van der Waals surface area (Å²) in [6, 6.07) is 2.98. The number of aliphatic hydroxyl groups excluding tert-OH is 1. The SMILES string of the molecule is CCN(CCCO)c1ncccc1[N+](=O)[O-]. The van der Waals surface area contributed by atoms with Crippen molar-refractivity contribution in [1.29, 1.82) is 0 Å². The number of nitro groups is 1. The molecular formula is C10H15N3O3. The van der Waals surface area contributed by atoms with Crippen LogP contribution in [0.2, 0.25) is 0 Å². The van der Waals surface area contributed by atoms with Gasteiger partial charge in [-0.15, -0.1) is 0 Å². The minimum absolute atomic E-state index is 0.00212. The van der Waals surface area contributed by atoms with Gasteiger partial charge in [0.1, 0.15) is 0 Å². The van der Waals surface area contributed by atoms with Gasteiger partial charge < -0.3 is 10.0 Å².